The number of benzene rings is 2. The molecule has 0 spiro atoms. The molecule has 2 amide bonds. The van der Waals surface area contributed by atoms with Crippen molar-refractivity contribution < 1.29 is 29.0 Å². The summed E-state index contributed by atoms with van der Waals surface area (Å²) in [7, 11) is 2.85. The van der Waals surface area contributed by atoms with Gasteiger partial charge in [-0.2, -0.15) is 0 Å². The predicted molar refractivity (Wildman–Crippen MR) is 143 cm³/mol. The van der Waals surface area contributed by atoms with E-state index in [9.17, 15) is 19.5 Å². The molecule has 0 aliphatic carbocycles. The number of likely N-dealkylation sites (N-methyl/N-ethyl adjacent to an activating group) is 2. The zero-order valence-corrected chi connectivity index (χ0v) is 22.5. The molecule has 0 aromatic heterocycles. The zero-order chi connectivity index (χ0) is 27.7. The summed E-state index contributed by atoms with van der Waals surface area (Å²) in [5, 5.41) is 12.4. The second-order valence-electron chi connectivity index (χ2n) is 9.42. The summed E-state index contributed by atoms with van der Waals surface area (Å²) in [4.78, 5) is 40.4. The molecule has 0 radical (unpaired) electrons. The molecular formula is C30H36N2O6. The molecule has 1 aliphatic heterocycles. The number of carbonyl (C=O) groups is 3. The Labute approximate surface area is 224 Å². The lowest BCUT2D eigenvalue weighted by molar-refractivity contribution is -0.174. The summed E-state index contributed by atoms with van der Waals surface area (Å²) in [6.45, 7) is 3.56. The van der Waals surface area contributed by atoms with E-state index in [-0.39, 0.29) is 6.61 Å². The molecule has 2 aromatic carbocycles. The van der Waals surface area contributed by atoms with Gasteiger partial charge in [0.1, 0.15) is 6.61 Å². The molecule has 3 atom stereocenters. The van der Waals surface area contributed by atoms with Gasteiger partial charge in [0.2, 0.25) is 0 Å². The molecule has 1 fully saturated rings. The predicted octanol–water partition coefficient (Wildman–Crippen LogP) is 3.22. The number of rotatable bonds is 9. The summed E-state index contributed by atoms with van der Waals surface area (Å²) < 4.78 is 11.1. The molecule has 1 aliphatic rings. The van der Waals surface area contributed by atoms with Gasteiger partial charge in [0.05, 0.1) is 6.10 Å². The minimum Gasteiger partial charge on any atom is -0.388 e. The normalized spacial score (nSPS) is 17.3. The Balaban J connectivity index is 1.71. The molecular weight excluding hydrogens is 484 g/mol. The van der Waals surface area contributed by atoms with Crippen LogP contribution in [0.2, 0.25) is 0 Å². The van der Waals surface area contributed by atoms with E-state index in [4.69, 9.17) is 9.47 Å². The molecule has 8 nitrogen and oxygen atoms in total. The third-order valence-electron chi connectivity index (χ3n) is 6.89. The highest BCUT2D eigenvalue weighted by Crippen LogP contribution is 2.21. The fraction of sp³-hybridized carbons (Fsp3) is 0.433. The van der Waals surface area contributed by atoms with Crippen LogP contribution in [0.25, 0.3) is 0 Å². The summed E-state index contributed by atoms with van der Waals surface area (Å²) >= 11 is 0. The topological polar surface area (TPSA) is 105 Å². The third kappa shape index (κ3) is 6.87. The van der Waals surface area contributed by atoms with Gasteiger partial charge in [-0.15, -0.1) is 0 Å². The lowest BCUT2D eigenvalue weighted by atomic mass is 9.92. The first-order valence-electron chi connectivity index (χ1n) is 12.9. The van der Waals surface area contributed by atoms with Crippen LogP contribution in [0, 0.1) is 11.8 Å². The molecule has 0 saturated carbocycles. The molecule has 3 rings (SSSR count). The Morgan fingerprint density at radius 3 is 2.24 bits per heavy atom. The standard InChI is InChI=1S/C30H36N2O6/c1-5-25(33)23-15-11-21(12-16-23)9-10-22-13-17-24(18-14-22)28(35)32(4)30(2,29(36)31-3)26(34)20-38-27-8-6-7-19-37-27/h11-18,25,27,33H,5-8,19-20H2,1-4H3,(H,31,36)/t25?,27?,30-/m1/s1. The van der Waals surface area contributed by atoms with Crippen molar-refractivity contribution >= 4 is 17.6 Å². The molecule has 38 heavy (non-hydrogen) atoms. The minimum atomic E-state index is -1.77. The highest BCUT2D eigenvalue weighted by molar-refractivity contribution is 6.14. The Hall–Kier alpha value is -3.51. The largest absolute Gasteiger partial charge is 0.388 e. The first-order chi connectivity index (χ1) is 18.2. The summed E-state index contributed by atoms with van der Waals surface area (Å²) in [6.07, 6.45) is 2.24. The van der Waals surface area contributed by atoms with Crippen molar-refractivity contribution in [2.45, 2.75) is 57.5 Å². The molecule has 2 aromatic rings. The number of ether oxygens (including phenoxy) is 2. The highest BCUT2D eigenvalue weighted by atomic mass is 16.7. The van der Waals surface area contributed by atoms with E-state index in [0.29, 0.717) is 30.6 Å². The van der Waals surface area contributed by atoms with Crippen LogP contribution in [0.5, 0.6) is 0 Å². The molecule has 1 heterocycles. The van der Waals surface area contributed by atoms with Crippen molar-refractivity contribution in [3.63, 3.8) is 0 Å². The lowest BCUT2D eigenvalue weighted by Crippen LogP contribution is -2.62. The number of ketones is 1. The monoisotopic (exact) mass is 520 g/mol. The number of nitrogens with one attached hydrogen (secondary N) is 1. The van der Waals surface area contributed by atoms with Crippen molar-refractivity contribution in [2.75, 3.05) is 27.3 Å². The second kappa shape index (κ2) is 13.3. The quantitative estimate of drug-likeness (QED) is 0.389. The van der Waals surface area contributed by atoms with Crippen molar-refractivity contribution in [3.05, 3.63) is 70.8 Å². The average molecular weight is 521 g/mol. The minimum absolute atomic E-state index is 0.315. The first kappa shape index (κ1) is 29.1. The van der Waals surface area contributed by atoms with Crippen LogP contribution < -0.4 is 5.32 Å². The SMILES string of the molecule is CCC(O)c1ccc(C#Cc2ccc(C(=O)N(C)[C@](C)(C(=O)COC3CCCCO3)C(=O)NC)cc2)cc1. The van der Waals surface area contributed by atoms with E-state index in [2.05, 4.69) is 17.2 Å². The van der Waals surface area contributed by atoms with Crippen LogP contribution in [-0.4, -0.2) is 66.7 Å². The Kier molecular flexibility index (Phi) is 10.2. The molecule has 0 bridgehead atoms. The van der Waals surface area contributed by atoms with Crippen LogP contribution in [-0.2, 0) is 19.1 Å². The maximum Gasteiger partial charge on any atom is 0.254 e. The molecule has 2 unspecified atom stereocenters. The van der Waals surface area contributed by atoms with Crippen molar-refractivity contribution in [2.24, 2.45) is 0 Å². The number of aliphatic hydroxyl groups excluding tert-OH is 1. The fourth-order valence-corrected chi connectivity index (χ4v) is 4.12. The van der Waals surface area contributed by atoms with Gasteiger partial charge in [0, 0.05) is 37.4 Å². The number of nitrogens with zero attached hydrogens (tertiary/aromatic N) is 1. The van der Waals surface area contributed by atoms with Crippen LogP contribution in [0.15, 0.2) is 48.5 Å². The smallest absolute Gasteiger partial charge is 0.254 e. The summed E-state index contributed by atoms with van der Waals surface area (Å²) in [5.41, 5.74) is 0.901. The maximum absolute atomic E-state index is 13.3. The van der Waals surface area contributed by atoms with Crippen LogP contribution in [0.4, 0.5) is 0 Å². The molecule has 1 saturated heterocycles. The van der Waals surface area contributed by atoms with Gasteiger partial charge in [-0.1, -0.05) is 30.9 Å². The van der Waals surface area contributed by atoms with Gasteiger partial charge in [-0.25, -0.2) is 0 Å². The fourth-order valence-electron chi connectivity index (χ4n) is 4.12. The number of aliphatic hydroxyl groups is 1. The maximum atomic E-state index is 13.3. The number of Topliss-reactive ketones (excluding diaryl/α,β-unsaturated/α-hetero) is 1. The third-order valence-corrected chi connectivity index (χ3v) is 6.89. The van der Waals surface area contributed by atoms with Crippen LogP contribution in [0.3, 0.4) is 0 Å². The van der Waals surface area contributed by atoms with Crippen LogP contribution >= 0.6 is 0 Å². The van der Waals surface area contributed by atoms with Crippen molar-refractivity contribution in [3.8, 4) is 11.8 Å². The zero-order valence-electron chi connectivity index (χ0n) is 22.5. The van der Waals surface area contributed by atoms with Gasteiger partial charge < -0.3 is 24.8 Å². The molecule has 8 heteroatoms. The second-order valence-corrected chi connectivity index (χ2v) is 9.42. The van der Waals surface area contributed by atoms with Crippen molar-refractivity contribution in [1.82, 2.24) is 10.2 Å². The van der Waals surface area contributed by atoms with E-state index in [1.54, 1.807) is 24.3 Å². The average Bonchev–Trinajstić information content (AvgIpc) is 2.97. The van der Waals surface area contributed by atoms with E-state index in [1.165, 1.54) is 21.0 Å². The number of amides is 2. The van der Waals surface area contributed by atoms with E-state index < -0.39 is 35.5 Å². The van der Waals surface area contributed by atoms with E-state index in [0.717, 1.165) is 28.9 Å². The van der Waals surface area contributed by atoms with Gasteiger partial charge in [-0.05, 0) is 74.6 Å². The van der Waals surface area contributed by atoms with Crippen molar-refractivity contribution in [1.29, 1.82) is 0 Å². The van der Waals surface area contributed by atoms with Crippen LogP contribution in [0.1, 0.15) is 72.7 Å². The van der Waals surface area contributed by atoms with Gasteiger partial charge in [0.15, 0.2) is 17.6 Å². The van der Waals surface area contributed by atoms with E-state index >= 15 is 0 Å². The Morgan fingerprint density at radius 1 is 1.11 bits per heavy atom. The number of carbonyl (C=O) groups excluding carboxylic acids is 3. The van der Waals surface area contributed by atoms with Gasteiger partial charge >= 0.3 is 0 Å². The highest BCUT2D eigenvalue weighted by Gasteiger charge is 2.46. The molecule has 2 N–H and O–H groups in total. The first-order valence-corrected chi connectivity index (χ1v) is 12.9. The van der Waals surface area contributed by atoms with Gasteiger partial charge in [0.25, 0.3) is 11.8 Å². The molecule has 202 valence electrons. The Bertz CT molecular complexity index is 1180. The Morgan fingerprint density at radius 2 is 1.71 bits per heavy atom. The summed E-state index contributed by atoms with van der Waals surface area (Å²) in [5.74, 6) is 4.50. The number of hydrogen-bond donors (Lipinski definition) is 2. The van der Waals surface area contributed by atoms with Gasteiger partial charge in [-0.3, -0.25) is 14.4 Å². The summed E-state index contributed by atoms with van der Waals surface area (Å²) in [6, 6.07) is 14.1. The van der Waals surface area contributed by atoms with E-state index in [1.807, 2.05) is 31.2 Å². The lowest BCUT2D eigenvalue weighted by Gasteiger charge is -2.36. The number of hydrogen-bond acceptors (Lipinski definition) is 6.